The Kier molecular flexibility index (Phi) is 8.37. The molecule has 0 unspecified atom stereocenters. The lowest BCUT2D eigenvalue weighted by Gasteiger charge is -2.19. The van der Waals surface area contributed by atoms with Gasteiger partial charge in [-0.05, 0) is 55.8 Å². The highest BCUT2D eigenvalue weighted by atomic mass is 32.2. The number of carbonyl (C=O) groups excluding carboxylic acids is 2. The van der Waals surface area contributed by atoms with Crippen molar-refractivity contribution in [1.82, 2.24) is 4.72 Å². The first-order valence-corrected chi connectivity index (χ1v) is 11.0. The molecule has 0 fully saturated rings. The Morgan fingerprint density at radius 2 is 1.60 bits per heavy atom. The summed E-state index contributed by atoms with van der Waals surface area (Å²) in [7, 11) is -3.94. The van der Waals surface area contributed by atoms with Gasteiger partial charge in [0, 0.05) is 12.6 Å². The minimum Gasteiger partial charge on any atom is -0.494 e. The van der Waals surface area contributed by atoms with Crippen LogP contribution in [0.2, 0.25) is 0 Å². The summed E-state index contributed by atoms with van der Waals surface area (Å²) in [6, 6.07) is 11.8. The average molecular weight is 435 g/mol. The molecule has 1 amide bonds. The molecule has 8 nitrogen and oxygen atoms in total. The number of carbonyl (C=O) groups is 2. The number of hydrogen-bond donors (Lipinski definition) is 2. The lowest BCUT2D eigenvalue weighted by Crippen LogP contribution is -2.30. The first kappa shape index (κ1) is 23.4. The Labute approximate surface area is 176 Å². The molecule has 0 bridgehead atoms. The second-order valence-corrected chi connectivity index (χ2v) is 8.10. The third kappa shape index (κ3) is 6.85. The molecule has 2 aromatic carbocycles. The Morgan fingerprint density at radius 3 is 2.13 bits per heavy atom. The topological polar surface area (TPSA) is 111 Å². The highest BCUT2D eigenvalue weighted by molar-refractivity contribution is 7.89. The largest absolute Gasteiger partial charge is 0.494 e. The summed E-state index contributed by atoms with van der Waals surface area (Å²) in [5.41, 5.74) is 1.08. The van der Waals surface area contributed by atoms with Gasteiger partial charge in [-0.1, -0.05) is 12.1 Å². The van der Waals surface area contributed by atoms with E-state index in [0.717, 1.165) is 0 Å². The van der Waals surface area contributed by atoms with Crippen LogP contribution in [0.4, 0.5) is 5.69 Å². The summed E-state index contributed by atoms with van der Waals surface area (Å²) in [5.74, 6) is -0.124. The average Bonchev–Trinajstić information content (AvgIpc) is 2.68. The fourth-order valence-electron chi connectivity index (χ4n) is 2.75. The number of benzene rings is 2. The number of amides is 1. The molecule has 1 atom stereocenters. The molecular weight excluding hydrogens is 408 g/mol. The van der Waals surface area contributed by atoms with Crippen molar-refractivity contribution in [2.24, 2.45) is 0 Å². The van der Waals surface area contributed by atoms with Crippen molar-refractivity contribution in [2.45, 2.75) is 38.1 Å². The van der Waals surface area contributed by atoms with E-state index in [-0.39, 0.29) is 23.8 Å². The zero-order chi connectivity index (χ0) is 22.1. The highest BCUT2D eigenvalue weighted by Crippen LogP contribution is 2.24. The lowest BCUT2D eigenvalue weighted by molar-refractivity contribution is -0.143. The van der Waals surface area contributed by atoms with Gasteiger partial charge in [-0.15, -0.1) is 0 Å². The molecular formula is C21H26N2O6S. The van der Waals surface area contributed by atoms with E-state index in [2.05, 4.69) is 10.0 Å². The third-order valence-electron chi connectivity index (χ3n) is 4.05. The quantitative estimate of drug-likeness (QED) is 0.556. The van der Waals surface area contributed by atoms with Gasteiger partial charge in [0.25, 0.3) is 0 Å². The second-order valence-electron chi connectivity index (χ2n) is 6.39. The van der Waals surface area contributed by atoms with Gasteiger partial charge in [-0.3, -0.25) is 9.59 Å². The molecule has 0 aliphatic carbocycles. The summed E-state index contributed by atoms with van der Waals surface area (Å²) in [4.78, 5) is 23.2. The maximum Gasteiger partial charge on any atom is 0.307 e. The van der Waals surface area contributed by atoms with Crippen molar-refractivity contribution in [1.29, 1.82) is 0 Å². The summed E-state index contributed by atoms with van der Waals surface area (Å²) in [5, 5.41) is 2.58. The molecule has 30 heavy (non-hydrogen) atoms. The fraction of sp³-hybridized carbons (Fsp3) is 0.333. The van der Waals surface area contributed by atoms with Crippen molar-refractivity contribution in [2.75, 3.05) is 18.5 Å². The van der Waals surface area contributed by atoms with Crippen molar-refractivity contribution < 1.29 is 27.5 Å². The van der Waals surface area contributed by atoms with Crippen LogP contribution in [0.25, 0.3) is 0 Å². The molecule has 0 radical (unpaired) electrons. The van der Waals surface area contributed by atoms with E-state index in [0.29, 0.717) is 23.6 Å². The number of nitrogens with one attached hydrogen (secondary N) is 2. The number of anilines is 1. The molecule has 9 heteroatoms. The van der Waals surface area contributed by atoms with Crippen LogP contribution in [0, 0.1) is 0 Å². The molecule has 0 aliphatic heterocycles. The molecule has 0 aliphatic rings. The van der Waals surface area contributed by atoms with Crippen LogP contribution >= 0.6 is 0 Å². The Hall–Kier alpha value is -2.91. The van der Waals surface area contributed by atoms with Gasteiger partial charge in [0.1, 0.15) is 5.75 Å². The van der Waals surface area contributed by atoms with Gasteiger partial charge in [-0.25, -0.2) is 13.1 Å². The predicted octanol–water partition coefficient (Wildman–Crippen LogP) is 3.02. The monoisotopic (exact) mass is 434 g/mol. The van der Waals surface area contributed by atoms with E-state index >= 15 is 0 Å². The number of sulfonamides is 1. The van der Waals surface area contributed by atoms with Crippen LogP contribution in [0.5, 0.6) is 5.75 Å². The number of ether oxygens (including phenoxy) is 2. The normalized spacial score (nSPS) is 12.1. The first-order valence-electron chi connectivity index (χ1n) is 9.53. The fourth-order valence-corrected chi connectivity index (χ4v) is 3.98. The molecule has 162 valence electrons. The molecule has 2 N–H and O–H groups in total. The maximum atomic E-state index is 12.9. The molecule has 2 aromatic rings. The van der Waals surface area contributed by atoms with E-state index in [4.69, 9.17) is 9.47 Å². The summed E-state index contributed by atoms with van der Waals surface area (Å²) in [6.07, 6.45) is -0.162. The minimum absolute atomic E-state index is 0.0106. The number of rotatable bonds is 10. The van der Waals surface area contributed by atoms with E-state index in [1.54, 1.807) is 31.2 Å². The summed E-state index contributed by atoms with van der Waals surface area (Å²) >= 11 is 0. The van der Waals surface area contributed by atoms with Gasteiger partial charge in [0.15, 0.2) is 0 Å². The van der Waals surface area contributed by atoms with Crippen LogP contribution in [0.15, 0.2) is 53.4 Å². The zero-order valence-corrected chi connectivity index (χ0v) is 18.0. The van der Waals surface area contributed by atoms with Gasteiger partial charge in [0.05, 0.1) is 30.6 Å². The highest BCUT2D eigenvalue weighted by Gasteiger charge is 2.24. The van der Waals surface area contributed by atoms with E-state index in [9.17, 15) is 18.0 Å². The predicted molar refractivity (Wildman–Crippen MR) is 113 cm³/mol. The Bertz CT molecular complexity index is 956. The van der Waals surface area contributed by atoms with Crippen molar-refractivity contribution in [3.05, 3.63) is 54.1 Å². The second kappa shape index (κ2) is 10.7. The number of hydrogen-bond acceptors (Lipinski definition) is 6. The summed E-state index contributed by atoms with van der Waals surface area (Å²) < 4.78 is 38.7. The molecule has 0 saturated heterocycles. The van der Waals surface area contributed by atoms with Gasteiger partial charge in [-0.2, -0.15) is 0 Å². The van der Waals surface area contributed by atoms with Crippen molar-refractivity contribution in [3.8, 4) is 5.75 Å². The molecule has 2 rings (SSSR count). The Morgan fingerprint density at radius 1 is 0.967 bits per heavy atom. The molecule has 0 aromatic heterocycles. The molecule has 0 spiro atoms. The molecule has 0 heterocycles. The lowest BCUT2D eigenvalue weighted by atomic mass is 10.0. The van der Waals surface area contributed by atoms with Gasteiger partial charge in [0.2, 0.25) is 15.9 Å². The third-order valence-corrected chi connectivity index (χ3v) is 5.54. The van der Waals surface area contributed by atoms with Crippen LogP contribution in [0.3, 0.4) is 0 Å². The standard InChI is InChI=1S/C21H26N2O6S/c1-4-28-18-10-6-16(7-11-18)20(14-21(25)29-5-2)23-30(26,27)19-12-8-17(9-13-19)22-15(3)24/h6-13,20,23H,4-5,14H2,1-3H3,(H,22,24)/t20-/m1/s1. The van der Waals surface area contributed by atoms with Crippen molar-refractivity contribution >= 4 is 27.6 Å². The number of esters is 1. The van der Waals surface area contributed by atoms with Gasteiger partial charge < -0.3 is 14.8 Å². The van der Waals surface area contributed by atoms with Crippen LogP contribution in [-0.4, -0.2) is 33.5 Å². The van der Waals surface area contributed by atoms with Crippen LogP contribution in [-0.2, 0) is 24.3 Å². The van der Waals surface area contributed by atoms with Crippen LogP contribution in [0.1, 0.15) is 38.8 Å². The van der Waals surface area contributed by atoms with Crippen LogP contribution < -0.4 is 14.8 Å². The van der Waals surface area contributed by atoms with E-state index < -0.39 is 22.0 Å². The zero-order valence-electron chi connectivity index (χ0n) is 17.2. The Balaban J connectivity index is 2.26. The SMILES string of the molecule is CCOC(=O)C[C@@H](NS(=O)(=O)c1ccc(NC(C)=O)cc1)c1ccc(OCC)cc1. The first-order chi connectivity index (χ1) is 14.2. The smallest absolute Gasteiger partial charge is 0.307 e. The maximum absolute atomic E-state index is 12.9. The van der Waals surface area contributed by atoms with E-state index in [1.807, 2.05) is 6.92 Å². The van der Waals surface area contributed by atoms with E-state index in [1.165, 1.54) is 31.2 Å². The molecule has 0 saturated carbocycles. The summed E-state index contributed by atoms with van der Waals surface area (Å²) in [6.45, 7) is 5.62. The van der Waals surface area contributed by atoms with Crippen molar-refractivity contribution in [3.63, 3.8) is 0 Å². The minimum atomic E-state index is -3.94. The van der Waals surface area contributed by atoms with Gasteiger partial charge >= 0.3 is 5.97 Å².